The molecule has 0 amide bonds. The summed E-state index contributed by atoms with van der Waals surface area (Å²) in [5.41, 5.74) is 6.26. The SMILES string of the molecule is Cc1cccc(C=NNc2cc(N(C)C)cc(OCCN3CCOCC3)n2)c1. The summed E-state index contributed by atoms with van der Waals surface area (Å²) >= 11 is 0. The largest absolute Gasteiger partial charge is 0.476 e. The van der Waals surface area contributed by atoms with Crippen molar-refractivity contribution in [3.63, 3.8) is 0 Å². The van der Waals surface area contributed by atoms with E-state index in [0.717, 1.165) is 44.1 Å². The summed E-state index contributed by atoms with van der Waals surface area (Å²) in [6, 6.07) is 12.1. The van der Waals surface area contributed by atoms with Crippen molar-refractivity contribution in [1.82, 2.24) is 9.88 Å². The lowest BCUT2D eigenvalue weighted by Crippen LogP contribution is -2.38. The number of rotatable bonds is 8. The minimum Gasteiger partial charge on any atom is -0.476 e. The van der Waals surface area contributed by atoms with Gasteiger partial charge >= 0.3 is 0 Å². The first kappa shape index (κ1) is 20.1. The zero-order chi connectivity index (χ0) is 19.8. The van der Waals surface area contributed by atoms with Crippen molar-refractivity contribution in [3.8, 4) is 5.88 Å². The molecule has 28 heavy (non-hydrogen) atoms. The molecule has 7 nitrogen and oxygen atoms in total. The molecule has 0 atom stereocenters. The number of aromatic nitrogens is 1. The molecule has 0 radical (unpaired) electrons. The van der Waals surface area contributed by atoms with Crippen LogP contribution in [-0.2, 0) is 4.74 Å². The molecule has 150 valence electrons. The molecule has 7 heteroatoms. The van der Waals surface area contributed by atoms with Gasteiger partial charge in [0.15, 0.2) is 5.82 Å². The number of nitrogens with one attached hydrogen (secondary N) is 1. The Hall–Kier alpha value is -2.64. The number of pyridine rings is 1. The van der Waals surface area contributed by atoms with Crippen LogP contribution >= 0.6 is 0 Å². The molecule has 1 aliphatic heterocycles. The minimum absolute atomic E-state index is 0.590. The number of anilines is 2. The molecule has 2 heterocycles. The topological polar surface area (TPSA) is 62.2 Å². The van der Waals surface area contributed by atoms with Gasteiger partial charge in [-0.15, -0.1) is 0 Å². The molecule has 0 aliphatic carbocycles. The van der Waals surface area contributed by atoms with Gasteiger partial charge < -0.3 is 14.4 Å². The quantitative estimate of drug-likeness (QED) is 0.559. The van der Waals surface area contributed by atoms with Crippen molar-refractivity contribution in [2.45, 2.75) is 6.92 Å². The zero-order valence-electron chi connectivity index (χ0n) is 16.9. The van der Waals surface area contributed by atoms with Crippen molar-refractivity contribution in [1.29, 1.82) is 0 Å². The van der Waals surface area contributed by atoms with Crippen LogP contribution in [0.15, 0.2) is 41.5 Å². The molecule has 0 unspecified atom stereocenters. The average Bonchev–Trinajstić information content (AvgIpc) is 2.69. The molecule has 1 N–H and O–H groups in total. The number of hydrogen-bond donors (Lipinski definition) is 1. The van der Waals surface area contributed by atoms with Gasteiger partial charge in [-0.25, -0.2) is 0 Å². The predicted octanol–water partition coefficient (Wildman–Crippen LogP) is 2.61. The number of aryl methyl sites for hydroxylation is 1. The molecule has 3 rings (SSSR count). The van der Waals surface area contributed by atoms with Gasteiger partial charge in [0.05, 0.1) is 19.4 Å². The van der Waals surface area contributed by atoms with E-state index >= 15 is 0 Å². The number of nitrogens with zero attached hydrogens (tertiary/aromatic N) is 4. The number of hydrazone groups is 1. The Kier molecular flexibility index (Phi) is 7.22. The molecule has 1 fully saturated rings. The van der Waals surface area contributed by atoms with Crippen LogP contribution in [0.25, 0.3) is 0 Å². The van der Waals surface area contributed by atoms with Gasteiger partial charge in [-0.05, 0) is 12.5 Å². The Morgan fingerprint density at radius 2 is 2.07 bits per heavy atom. The molecular weight excluding hydrogens is 354 g/mol. The summed E-state index contributed by atoms with van der Waals surface area (Å²) in [5.74, 6) is 1.24. The fraction of sp³-hybridized carbons (Fsp3) is 0.429. The van der Waals surface area contributed by atoms with Gasteiger partial charge in [-0.3, -0.25) is 10.3 Å². The third-order valence-electron chi connectivity index (χ3n) is 4.50. The standard InChI is InChI=1S/C21H29N5O2/c1-17-5-4-6-18(13-17)16-22-24-20-14-19(25(2)3)15-21(23-20)28-12-9-26-7-10-27-11-8-26/h4-6,13-16H,7-12H2,1-3H3,(H,23,24). The van der Waals surface area contributed by atoms with Crippen LogP contribution in [0, 0.1) is 6.92 Å². The Bertz CT molecular complexity index is 788. The van der Waals surface area contributed by atoms with Crippen LogP contribution in [0.2, 0.25) is 0 Å². The van der Waals surface area contributed by atoms with E-state index in [0.29, 0.717) is 18.3 Å². The van der Waals surface area contributed by atoms with Gasteiger partial charge in [0.1, 0.15) is 6.61 Å². The zero-order valence-corrected chi connectivity index (χ0v) is 16.9. The fourth-order valence-electron chi connectivity index (χ4n) is 2.91. The fourth-order valence-corrected chi connectivity index (χ4v) is 2.91. The van der Waals surface area contributed by atoms with E-state index in [1.54, 1.807) is 6.21 Å². The van der Waals surface area contributed by atoms with Gasteiger partial charge in [0.25, 0.3) is 0 Å². The second-order valence-electron chi connectivity index (χ2n) is 7.03. The van der Waals surface area contributed by atoms with Crippen molar-refractivity contribution >= 4 is 17.7 Å². The first-order valence-corrected chi connectivity index (χ1v) is 9.58. The monoisotopic (exact) mass is 383 g/mol. The maximum Gasteiger partial charge on any atom is 0.217 e. The van der Waals surface area contributed by atoms with Crippen LogP contribution in [0.4, 0.5) is 11.5 Å². The molecule has 0 spiro atoms. The van der Waals surface area contributed by atoms with Gasteiger partial charge in [0.2, 0.25) is 5.88 Å². The second kappa shape index (κ2) is 10.1. The highest BCUT2D eigenvalue weighted by Crippen LogP contribution is 2.22. The molecule has 1 aromatic heterocycles. The first-order valence-electron chi connectivity index (χ1n) is 9.58. The summed E-state index contributed by atoms with van der Waals surface area (Å²) in [7, 11) is 3.99. The molecule has 1 aliphatic rings. The lowest BCUT2D eigenvalue weighted by molar-refractivity contribution is 0.0320. The number of benzene rings is 1. The lowest BCUT2D eigenvalue weighted by atomic mass is 10.2. The van der Waals surface area contributed by atoms with Crippen molar-refractivity contribution in [2.75, 3.05) is 63.9 Å². The smallest absolute Gasteiger partial charge is 0.217 e. The third-order valence-corrected chi connectivity index (χ3v) is 4.50. The van der Waals surface area contributed by atoms with Gasteiger partial charge in [-0.2, -0.15) is 10.1 Å². The highest BCUT2D eigenvalue weighted by atomic mass is 16.5. The number of ether oxygens (including phenoxy) is 2. The lowest BCUT2D eigenvalue weighted by Gasteiger charge is -2.26. The minimum atomic E-state index is 0.590. The molecule has 2 aromatic rings. The van der Waals surface area contributed by atoms with Crippen LogP contribution in [-0.4, -0.2) is 69.6 Å². The molecular formula is C21H29N5O2. The number of hydrogen-bond acceptors (Lipinski definition) is 7. The molecule has 0 bridgehead atoms. The van der Waals surface area contributed by atoms with E-state index in [1.807, 2.05) is 43.3 Å². The van der Waals surface area contributed by atoms with Crippen molar-refractivity contribution in [2.24, 2.45) is 5.10 Å². The van der Waals surface area contributed by atoms with Crippen LogP contribution in [0.3, 0.4) is 0 Å². The third kappa shape index (κ3) is 6.21. The Morgan fingerprint density at radius 1 is 1.25 bits per heavy atom. The predicted molar refractivity (Wildman–Crippen MR) is 114 cm³/mol. The average molecular weight is 383 g/mol. The van der Waals surface area contributed by atoms with Crippen molar-refractivity contribution < 1.29 is 9.47 Å². The first-order chi connectivity index (χ1) is 13.6. The second-order valence-corrected chi connectivity index (χ2v) is 7.03. The van der Waals surface area contributed by atoms with E-state index < -0.39 is 0 Å². The van der Waals surface area contributed by atoms with Gasteiger partial charge in [-0.1, -0.05) is 29.8 Å². The maximum atomic E-state index is 5.91. The van der Waals surface area contributed by atoms with Crippen LogP contribution in [0.1, 0.15) is 11.1 Å². The Balaban J connectivity index is 1.61. The van der Waals surface area contributed by atoms with E-state index in [1.165, 1.54) is 5.56 Å². The Morgan fingerprint density at radius 3 is 2.82 bits per heavy atom. The van der Waals surface area contributed by atoms with E-state index in [2.05, 4.69) is 39.5 Å². The van der Waals surface area contributed by atoms with E-state index in [9.17, 15) is 0 Å². The normalized spacial score (nSPS) is 15.0. The molecule has 0 saturated carbocycles. The summed E-state index contributed by atoms with van der Waals surface area (Å²) < 4.78 is 11.3. The highest BCUT2D eigenvalue weighted by Gasteiger charge is 2.11. The van der Waals surface area contributed by atoms with Crippen molar-refractivity contribution in [3.05, 3.63) is 47.5 Å². The van der Waals surface area contributed by atoms with E-state index in [4.69, 9.17) is 9.47 Å². The summed E-state index contributed by atoms with van der Waals surface area (Å²) in [4.78, 5) is 8.89. The Labute approximate surface area is 167 Å². The summed E-state index contributed by atoms with van der Waals surface area (Å²) in [5, 5.41) is 4.31. The van der Waals surface area contributed by atoms with E-state index in [-0.39, 0.29) is 0 Å². The summed E-state index contributed by atoms with van der Waals surface area (Å²) in [6.07, 6.45) is 1.79. The van der Waals surface area contributed by atoms with Crippen LogP contribution in [0.5, 0.6) is 5.88 Å². The molecule has 1 saturated heterocycles. The highest BCUT2D eigenvalue weighted by molar-refractivity contribution is 5.80. The van der Waals surface area contributed by atoms with Crippen LogP contribution < -0.4 is 15.1 Å². The number of morpholine rings is 1. The molecule has 1 aromatic carbocycles. The van der Waals surface area contributed by atoms with Gasteiger partial charge in [0, 0.05) is 51.5 Å². The summed E-state index contributed by atoms with van der Waals surface area (Å²) in [6.45, 7) is 7.02. The maximum absolute atomic E-state index is 5.91.